The van der Waals surface area contributed by atoms with E-state index in [4.69, 9.17) is 4.74 Å². The maximum atomic E-state index is 5.40. The molecule has 1 saturated heterocycles. The van der Waals surface area contributed by atoms with Crippen LogP contribution in [0.1, 0.15) is 22.5 Å². The van der Waals surface area contributed by atoms with Gasteiger partial charge in [0.2, 0.25) is 0 Å². The summed E-state index contributed by atoms with van der Waals surface area (Å²) in [6.45, 7) is 13.2. The summed E-state index contributed by atoms with van der Waals surface area (Å²) in [5.41, 5.74) is 1.15. The molecule has 0 spiro atoms. The first kappa shape index (κ1) is 22.6. The van der Waals surface area contributed by atoms with Crippen LogP contribution in [0.25, 0.3) is 0 Å². The number of nitrogens with one attached hydrogen (secondary N) is 2. The Labute approximate surface area is 172 Å². The minimum Gasteiger partial charge on any atom is -0.379 e. The molecule has 1 aliphatic heterocycles. The molecule has 1 aromatic rings. The smallest absolute Gasteiger partial charge is 0.190 e. The van der Waals surface area contributed by atoms with Crippen LogP contribution in [-0.4, -0.2) is 68.8 Å². The van der Waals surface area contributed by atoms with Crippen molar-refractivity contribution < 1.29 is 4.74 Å². The molecule has 1 fully saturated rings. The molecule has 6 nitrogen and oxygen atoms in total. The second-order valence-electron chi connectivity index (χ2n) is 6.40. The molecule has 1 unspecified atom stereocenters. The number of aliphatic imine (C=N–C) groups is 1. The summed E-state index contributed by atoms with van der Waals surface area (Å²) in [6.07, 6.45) is 0.934. The molecule has 2 heterocycles. The number of aryl methyl sites for hydroxylation is 2. The molecular weight excluding hydrogens is 449 g/mol. The quantitative estimate of drug-likeness (QED) is 0.355. The van der Waals surface area contributed by atoms with Gasteiger partial charge in [-0.05, 0) is 19.8 Å². The van der Waals surface area contributed by atoms with Crippen molar-refractivity contribution >= 4 is 41.3 Å². The van der Waals surface area contributed by atoms with Crippen LogP contribution in [0.15, 0.2) is 4.99 Å². The fourth-order valence-corrected chi connectivity index (χ4v) is 3.65. The first-order chi connectivity index (χ1) is 11.6. The molecule has 1 aromatic heterocycles. The van der Waals surface area contributed by atoms with Crippen LogP contribution in [0.3, 0.4) is 0 Å². The SMILES string of the molecule is CN=C(NCCc1nc(C)c(C)s1)NCC(C)CN1CCOCC1.I. The van der Waals surface area contributed by atoms with Crippen LogP contribution in [0.4, 0.5) is 0 Å². The molecule has 0 amide bonds. The van der Waals surface area contributed by atoms with E-state index in [2.05, 4.69) is 46.3 Å². The molecule has 0 radical (unpaired) electrons. The van der Waals surface area contributed by atoms with Crippen LogP contribution < -0.4 is 10.6 Å². The van der Waals surface area contributed by atoms with Crippen LogP contribution in [0, 0.1) is 19.8 Å². The fraction of sp³-hybridized carbons (Fsp3) is 0.765. The Morgan fingerprint density at radius 2 is 2.04 bits per heavy atom. The van der Waals surface area contributed by atoms with Crippen LogP contribution in [0.2, 0.25) is 0 Å². The highest BCUT2D eigenvalue weighted by Gasteiger charge is 2.14. The first-order valence-electron chi connectivity index (χ1n) is 8.76. The first-order valence-corrected chi connectivity index (χ1v) is 9.57. The summed E-state index contributed by atoms with van der Waals surface area (Å²) in [6, 6.07) is 0. The van der Waals surface area contributed by atoms with E-state index in [9.17, 15) is 0 Å². The lowest BCUT2D eigenvalue weighted by Gasteiger charge is -2.29. The van der Waals surface area contributed by atoms with Crippen LogP contribution in [0.5, 0.6) is 0 Å². The Morgan fingerprint density at radius 3 is 2.64 bits per heavy atom. The summed E-state index contributed by atoms with van der Waals surface area (Å²) in [5.74, 6) is 1.44. The van der Waals surface area contributed by atoms with Crippen molar-refractivity contribution in [2.75, 3.05) is 53.0 Å². The van der Waals surface area contributed by atoms with Gasteiger partial charge in [0.15, 0.2) is 5.96 Å². The topological polar surface area (TPSA) is 61.8 Å². The summed E-state index contributed by atoms with van der Waals surface area (Å²) < 4.78 is 5.40. The highest BCUT2D eigenvalue weighted by Crippen LogP contribution is 2.16. The van der Waals surface area contributed by atoms with Gasteiger partial charge in [0.05, 0.1) is 23.9 Å². The third-order valence-electron chi connectivity index (χ3n) is 4.22. The number of rotatable bonds is 7. The zero-order valence-corrected chi connectivity index (χ0v) is 18.9. The third-order valence-corrected chi connectivity index (χ3v) is 5.35. The van der Waals surface area contributed by atoms with Gasteiger partial charge in [0, 0.05) is 51.1 Å². The Morgan fingerprint density at radius 1 is 1.32 bits per heavy atom. The van der Waals surface area contributed by atoms with Gasteiger partial charge < -0.3 is 15.4 Å². The van der Waals surface area contributed by atoms with Crippen molar-refractivity contribution in [1.29, 1.82) is 0 Å². The number of hydrogen-bond acceptors (Lipinski definition) is 5. The lowest BCUT2D eigenvalue weighted by atomic mass is 10.1. The monoisotopic (exact) mass is 481 g/mol. The summed E-state index contributed by atoms with van der Waals surface area (Å²) in [4.78, 5) is 12.7. The standard InChI is InChI=1S/C17H31N5OS.HI/c1-13(12-22-7-9-23-10-8-22)11-20-17(18-4)19-6-5-16-21-14(2)15(3)24-16;/h13H,5-12H2,1-4H3,(H2,18,19,20);1H. The second-order valence-corrected chi connectivity index (χ2v) is 7.68. The molecular formula is C17H32IN5OS. The largest absolute Gasteiger partial charge is 0.379 e. The molecule has 144 valence electrons. The van der Waals surface area contributed by atoms with Gasteiger partial charge in [0.25, 0.3) is 0 Å². The number of nitrogens with zero attached hydrogens (tertiary/aromatic N) is 3. The number of morpholine rings is 1. The number of ether oxygens (including phenoxy) is 1. The van der Waals surface area contributed by atoms with E-state index < -0.39 is 0 Å². The van der Waals surface area contributed by atoms with E-state index in [1.807, 2.05) is 7.05 Å². The third kappa shape index (κ3) is 8.19. The van der Waals surface area contributed by atoms with Gasteiger partial charge in [0.1, 0.15) is 0 Å². The number of guanidine groups is 1. The summed E-state index contributed by atoms with van der Waals surface area (Å²) >= 11 is 1.78. The van der Waals surface area contributed by atoms with E-state index in [1.165, 1.54) is 9.88 Å². The lowest BCUT2D eigenvalue weighted by Crippen LogP contribution is -2.44. The predicted molar refractivity (Wildman–Crippen MR) is 116 cm³/mol. The zero-order valence-electron chi connectivity index (χ0n) is 15.8. The molecule has 8 heteroatoms. The number of halogens is 1. The highest BCUT2D eigenvalue weighted by atomic mass is 127. The molecule has 1 aliphatic rings. The summed E-state index contributed by atoms with van der Waals surface area (Å²) in [5, 5.41) is 7.99. The van der Waals surface area contributed by atoms with Crippen molar-refractivity contribution in [3.63, 3.8) is 0 Å². The van der Waals surface area contributed by atoms with E-state index in [0.717, 1.165) is 64.0 Å². The van der Waals surface area contributed by atoms with Crippen molar-refractivity contribution in [3.8, 4) is 0 Å². The molecule has 2 N–H and O–H groups in total. The van der Waals surface area contributed by atoms with Gasteiger partial charge >= 0.3 is 0 Å². The average Bonchev–Trinajstić information content (AvgIpc) is 2.89. The average molecular weight is 481 g/mol. The van der Waals surface area contributed by atoms with Gasteiger partial charge in [-0.25, -0.2) is 4.98 Å². The fourth-order valence-electron chi connectivity index (χ4n) is 2.71. The highest BCUT2D eigenvalue weighted by molar-refractivity contribution is 14.0. The minimum atomic E-state index is 0. The second kappa shape index (κ2) is 12.0. The number of aromatic nitrogens is 1. The van der Waals surface area contributed by atoms with E-state index in [1.54, 1.807) is 11.3 Å². The number of hydrogen-bond donors (Lipinski definition) is 2. The molecule has 0 saturated carbocycles. The normalized spacial score (nSPS) is 17.0. The van der Waals surface area contributed by atoms with Crippen LogP contribution in [-0.2, 0) is 11.2 Å². The van der Waals surface area contributed by atoms with E-state index in [-0.39, 0.29) is 24.0 Å². The predicted octanol–water partition coefficient (Wildman–Crippen LogP) is 2.05. The Bertz CT molecular complexity index is 512. The molecule has 25 heavy (non-hydrogen) atoms. The van der Waals surface area contributed by atoms with E-state index in [0.29, 0.717) is 5.92 Å². The minimum absolute atomic E-state index is 0. The molecule has 0 aromatic carbocycles. The van der Waals surface area contributed by atoms with Crippen LogP contribution >= 0.6 is 35.3 Å². The van der Waals surface area contributed by atoms with Crippen molar-refractivity contribution in [2.24, 2.45) is 10.9 Å². The lowest BCUT2D eigenvalue weighted by molar-refractivity contribution is 0.0320. The molecule has 0 aliphatic carbocycles. The van der Waals surface area contributed by atoms with Gasteiger partial charge in [-0.1, -0.05) is 6.92 Å². The van der Waals surface area contributed by atoms with Gasteiger partial charge in [-0.3, -0.25) is 9.89 Å². The van der Waals surface area contributed by atoms with Crippen molar-refractivity contribution in [3.05, 3.63) is 15.6 Å². The Balaban J connectivity index is 0.00000312. The maximum Gasteiger partial charge on any atom is 0.190 e. The van der Waals surface area contributed by atoms with Gasteiger partial charge in [-0.2, -0.15) is 0 Å². The zero-order chi connectivity index (χ0) is 17.4. The maximum absolute atomic E-state index is 5.40. The van der Waals surface area contributed by atoms with Crippen molar-refractivity contribution in [1.82, 2.24) is 20.5 Å². The van der Waals surface area contributed by atoms with Crippen molar-refractivity contribution in [2.45, 2.75) is 27.2 Å². The molecule has 1 atom stereocenters. The van der Waals surface area contributed by atoms with Gasteiger partial charge in [-0.15, -0.1) is 35.3 Å². The Kier molecular flexibility index (Phi) is 10.9. The molecule has 0 bridgehead atoms. The Hall–Kier alpha value is -0.450. The molecule has 2 rings (SSSR count). The summed E-state index contributed by atoms with van der Waals surface area (Å²) in [7, 11) is 1.82. The van der Waals surface area contributed by atoms with E-state index >= 15 is 0 Å². The number of thiazole rings is 1.